The van der Waals surface area contributed by atoms with Gasteiger partial charge in [0.05, 0.1) is 18.1 Å². The van der Waals surface area contributed by atoms with Gasteiger partial charge in [-0.3, -0.25) is 9.78 Å². The van der Waals surface area contributed by atoms with Crippen molar-refractivity contribution < 1.29 is 13.2 Å². The molecule has 0 saturated heterocycles. The third-order valence-corrected chi connectivity index (χ3v) is 10.6. The summed E-state index contributed by atoms with van der Waals surface area (Å²) < 4.78 is 29.4. The molecular formula is C28H27Cl2N3O3S2. The summed E-state index contributed by atoms with van der Waals surface area (Å²) in [7, 11) is -4.04. The molecular weight excluding hydrogens is 561 g/mol. The van der Waals surface area contributed by atoms with Gasteiger partial charge in [0.2, 0.25) is 15.9 Å². The maximum Gasteiger partial charge on any atom is 0.245 e. The van der Waals surface area contributed by atoms with Crippen molar-refractivity contribution in [2.75, 3.05) is 13.1 Å². The number of carbonyl (C=O) groups is 1. The lowest BCUT2D eigenvalue weighted by atomic mass is 9.93. The van der Waals surface area contributed by atoms with Crippen molar-refractivity contribution in [1.82, 2.24) is 14.2 Å². The average molecular weight is 589 g/mol. The van der Waals surface area contributed by atoms with Crippen LogP contribution in [0.1, 0.15) is 42.3 Å². The molecule has 2 atom stereocenters. The predicted molar refractivity (Wildman–Crippen MR) is 153 cm³/mol. The van der Waals surface area contributed by atoms with E-state index >= 15 is 0 Å². The van der Waals surface area contributed by atoms with Crippen molar-refractivity contribution in [2.24, 2.45) is 0 Å². The molecule has 0 bridgehead atoms. The van der Waals surface area contributed by atoms with E-state index in [1.807, 2.05) is 43.5 Å². The van der Waals surface area contributed by atoms with Crippen LogP contribution in [-0.4, -0.2) is 47.6 Å². The third-order valence-electron chi connectivity index (χ3n) is 7.10. The molecule has 2 aromatic heterocycles. The maximum atomic E-state index is 14.0. The van der Waals surface area contributed by atoms with Gasteiger partial charge in [0.15, 0.2) is 0 Å². The van der Waals surface area contributed by atoms with E-state index < -0.39 is 22.1 Å². The molecule has 198 valence electrons. The van der Waals surface area contributed by atoms with Gasteiger partial charge in [-0.25, -0.2) is 8.42 Å². The Morgan fingerprint density at radius 2 is 1.95 bits per heavy atom. The number of hydrogen-bond donors (Lipinski definition) is 0. The monoisotopic (exact) mass is 587 g/mol. The summed E-state index contributed by atoms with van der Waals surface area (Å²) in [6.07, 6.45) is 2.82. The Morgan fingerprint density at radius 3 is 2.71 bits per heavy atom. The van der Waals surface area contributed by atoms with E-state index in [0.717, 1.165) is 16.5 Å². The topological polar surface area (TPSA) is 70.6 Å². The molecule has 0 aliphatic carbocycles. The van der Waals surface area contributed by atoms with Gasteiger partial charge in [-0.05, 0) is 66.6 Å². The van der Waals surface area contributed by atoms with Crippen LogP contribution in [0.5, 0.6) is 0 Å². The molecule has 10 heteroatoms. The van der Waals surface area contributed by atoms with Crippen molar-refractivity contribution in [1.29, 1.82) is 0 Å². The molecule has 1 aliphatic rings. The van der Waals surface area contributed by atoms with Crippen LogP contribution >= 0.6 is 34.5 Å². The van der Waals surface area contributed by atoms with E-state index in [0.29, 0.717) is 34.9 Å². The van der Waals surface area contributed by atoms with Crippen molar-refractivity contribution in [3.8, 4) is 0 Å². The molecule has 38 heavy (non-hydrogen) atoms. The fourth-order valence-electron chi connectivity index (χ4n) is 4.96. The van der Waals surface area contributed by atoms with Gasteiger partial charge in [0.1, 0.15) is 4.90 Å². The third kappa shape index (κ3) is 4.96. The lowest BCUT2D eigenvalue weighted by Gasteiger charge is -2.38. The van der Waals surface area contributed by atoms with Crippen LogP contribution in [-0.2, 0) is 21.2 Å². The molecule has 0 spiro atoms. The Kier molecular flexibility index (Phi) is 7.80. The molecule has 0 fully saturated rings. The molecule has 6 nitrogen and oxygen atoms in total. The summed E-state index contributed by atoms with van der Waals surface area (Å²) >= 11 is 14.4. The Labute approximate surface area is 236 Å². The van der Waals surface area contributed by atoms with Crippen LogP contribution in [0.25, 0.3) is 10.9 Å². The van der Waals surface area contributed by atoms with Crippen molar-refractivity contribution >= 4 is 61.4 Å². The fraction of sp³-hybridized carbons (Fsp3) is 0.286. The number of rotatable bonds is 7. The Bertz CT molecular complexity index is 1600. The second kappa shape index (κ2) is 10.9. The van der Waals surface area contributed by atoms with Crippen LogP contribution in [0.15, 0.2) is 71.1 Å². The summed E-state index contributed by atoms with van der Waals surface area (Å²) in [4.78, 5) is 21.4. The first-order valence-electron chi connectivity index (χ1n) is 12.4. The standard InChI is InChI=1S/C28H27Cl2N3O3S2/c1-3-18(2)33(38(35,36)25-8-4-6-19-7-5-13-31-27(19)25)17-26(34)32-14-11-24-22(12-15-37-24)28(32)21-10-9-20(29)16-23(21)30/h4-10,12-13,15-16,18,28H,3,11,14,17H2,1-2H3. The van der Waals surface area contributed by atoms with Gasteiger partial charge in [-0.1, -0.05) is 54.4 Å². The van der Waals surface area contributed by atoms with Crippen LogP contribution in [0.4, 0.5) is 0 Å². The maximum absolute atomic E-state index is 14.0. The highest BCUT2D eigenvalue weighted by Crippen LogP contribution is 2.41. The van der Waals surface area contributed by atoms with Gasteiger partial charge in [0.25, 0.3) is 0 Å². The lowest BCUT2D eigenvalue weighted by Crippen LogP contribution is -2.49. The Balaban J connectivity index is 1.54. The number of carbonyl (C=O) groups excluding carboxylic acids is 1. The molecule has 4 aromatic rings. The molecule has 5 rings (SSSR count). The highest BCUT2D eigenvalue weighted by atomic mass is 35.5. The summed E-state index contributed by atoms with van der Waals surface area (Å²) in [6, 6.07) is 15.1. The number of nitrogens with zero attached hydrogens (tertiary/aromatic N) is 3. The Morgan fingerprint density at radius 1 is 1.16 bits per heavy atom. The number of amides is 1. The number of hydrogen-bond acceptors (Lipinski definition) is 5. The summed E-state index contributed by atoms with van der Waals surface area (Å²) in [5.74, 6) is -0.282. The smallest absolute Gasteiger partial charge is 0.245 e. The fourth-order valence-corrected chi connectivity index (χ4v) is 8.20. The second-order valence-electron chi connectivity index (χ2n) is 9.34. The van der Waals surface area contributed by atoms with E-state index in [2.05, 4.69) is 4.98 Å². The van der Waals surface area contributed by atoms with Gasteiger partial charge >= 0.3 is 0 Å². The zero-order valence-electron chi connectivity index (χ0n) is 21.0. The van der Waals surface area contributed by atoms with Crippen LogP contribution in [0.3, 0.4) is 0 Å². The van der Waals surface area contributed by atoms with Crippen molar-refractivity contribution in [3.63, 3.8) is 0 Å². The predicted octanol–water partition coefficient (Wildman–Crippen LogP) is 6.57. The summed E-state index contributed by atoms with van der Waals surface area (Å²) in [5.41, 5.74) is 2.16. The van der Waals surface area contributed by atoms with E-state index in [4.69, 9.17) is 23.2 Å². The van der Waals surface area contributed by atoms with Crippen molar-refractivity contribution in [3.05, 3.63) is 92.2 Å². The number of halogens is 2. The van der Waals surface area contributed by atoms with Crippen LogP contribution in [0.2, 0.25) is 10.0 Å². The van der Waals surface area contributed by atoms with E-state index in [1.165, 1.54) is 9.18 Å². The molecule has 2 aromatic carbocycles. The zero-order chi connectivity index (χ0) is 27.0. The number of benzene rings is 2. The van der Waals surface area contributed by atoms with Gasteiger partial charge < -0.3 is 4.90 Å². The normalized spacial score (nSPS) is 16.6. The number of thiophene rings is 1. The molecule has 0 saturated carbocycles. The molecule has 1 aliphatic heterocycles. The highest BCUT2D eigenvalue weighted by molar-refractivity contribution is 7.89. The van der Waals surface area contributed by atoms with E-state index in [-0.39, 0.29) is 17.3 Å². The minimum atomic E-state index is -4.04. The second-order valence-corrected chi connectivity index (χ2v) is 13.0. The first kappa shape index (κ1) is 27.1. The van der Waals surface area contributed by atoms with E-state index in [9.17, 15) is 13.2 Å². The molecule has 3 heterocycles. The van der Waals surface area contributed by atoms with Crippen LogP contribution < -0.4 is 0 Å². The largest absolute Gasteiger partial charge is 0.330 e. The van der Waals surface area contributed by atoms with Gasteiger partial charge in [-0.2, -0.15) is 4.31 Å². The highest BCUT2D eigenvalue weighted by Gasteiger charge is 2.38. The first-order valence-corrected chi connectivity index (χ1v) is 15.5. The van der Waals surface area contributed by atoms with E-state index in [1.54, 1.807) is 52.8 Å². The minimum absolute atomic E-state index is 0.0970. The molecule has 0 radical (unpaired) electrons. The lowest BCUT2D eigenvalue weighted by molar-refractivity contribution is -0.133. The minimum Gasteiger partial charge on any atom is -0.330 e. The quantitative estimate of drug-likeness (QED) is 0.245. The average Bonchev–Trinajstić information content (AvgIpc) is 3.39. The number of pyridine rings is 1. The number of sulfonamides is 1. The first-order chi connectivity index (χ1) is 18.2. The zero-order valence-corrected chi connectivity index (χ0v) is 24.1. The van der Waals surface area contributed by atoms with Crippen molar-refractivity contribution in [2.45, 2.75) is 43.7 Å². The SMILES string of the molecule is CCC(C)N(CC(=O)N1CCc2sccc2C1c1ccc(Cl)cc1Cl)S(=O)(=O)c1cccc2cccnc12. The molecule has 0 N–H and O–H groups in total. The summed E-state index contributed by atoms with van der Waals surface area (Å²) in [5, 5.41) is 3.71. The number of aromatic nitrogens is 1. The number of fused-ring (bicyclic) bond motifs is 2. The Hall–Kier alpha value is -2.49. The molecule has 2 unspecified atom stereocenters. The molecule has 1 amide bonds. The van der Waals surface area contributed by atoms with Gasteiger partial charge in [-0.15, -0.1) is 11.3 Å². The van der Waals surface area contributed by atoms with Crippen LogP contribution in [0, 0.1) is 0 Å². The number of para-hydroxylation sites is 1. The summed E-state index contributed by atoms with van der Waals surface area (Å²) in [6.45, 7) is 3.90. The van der Waals surface area contributed by atoms with Gasteiger partial charge in [0, 0.05) is 39.1 Å².